The summed E-state index contributed by atoms with van der Waals surface area (Å²) in [5.41, 5.74) is 0.993. The molecule has 0 atom stereocenters. The van der Waals surface area contributed by atoms with Crippen molar-refractivity contribution in [2.45, 2.75) is 13.8 Å². The third kappa shape index (κ3) is 11.5. The molecule has 3 heteroatoms. The van der Waals surface area contributed by atoms with Crippen LogP contribution in [0.3, 0.4) is 0 Å². The molecule has 16 heavy (non-hydrogen) atoms. The maximum Gasteiger partial charge on any atom is 0.0302 e. The number of likely N-dealkylation sites (N-methyl/N-ethyl adjacent to an activating group) is 2. The van der Waals surface area contributed by atoms with Gasteiger partial charge in [0.05, 0.1) is 0 Å². The minimum Gasteiger partial charge on any atom is -0.374 e. The molecule has 2 nitrogen and oxygen atoms in total. The van der Waals surface area contributed by atoms with Gasteiger partial charge in [0.1, 0.15) is 0 Å². The first-order valence-electron chi connectivity index (χ1n) is 5.50. The SMILES string of the molecule is C=C(Br)/C=C\C(=C)N(C)CCN(C)C.CC. The van der Waals surface area contributed by atoms with Gasteiger partial charge in [-0.3, -0.25) is 0 Å². The lowest BCUT2D eigenvalue weighted by Gasteiger charge is -2.21. The first kappa shape index (κ1) is 17.8. The molecule has 0 unspecified atom stereocenters. The largest absolute Gasteiger partial charge is 0.374 e. The summed E-state index contributed by atoms with van der Waals surface area (Å²) in [6, 6.07) is 0. The first-order chi connectivity index (χ1) is 7.43. The molecule has 0 aliphatic rings. The molecule has 0 saturated carbocycles. The predicted molar refractivity (Wildman–Crippen MR) is 78.9 cm³/mol. The van der Waals surface area contributed by atoms with Crippen LogP contribution in [0.1, 0.15) is 13.8 Å². The summed E-state index contributed by atoms with van der Waals surface area (Å²) >= 11 is 3.27. The van der Waals surface area contributed by atoms with E-state index in [1.54, 1.807) is 0 Å². The highest BCUT2D eigenvalue weighted by molar-refractivity contribution is 9.11. The molecular weight excluding hydrogens is 264 g/mol. The van der Waals surface area contributed by atoms with E-state index < -0.39 is 0 Å². The quantitative estimate of drug-likeness (QED) is 0.691. The van der Waals surface area contributed by atoms with Crippen molar-refractivity contribution in [3.05, 3.63) is 35.5 Å². The highest BCUT2D eigenvalue weighted by atomic mass is 79.9. The molecule has 0 amide bonds. The van der Waals surface area contributed by atoms with Crippen LogP contribution in [0.4, 0.5) is 0 Å². The molecule has 0 saturated heterocycles. The fourth-order valence-electron chi connectivity index (χ4n) is 0.807. The molecule has 0 aliphatic carbocycles. The second kappa shape index (κ2) is 11.0. The Labute approximate surface area is 109 Å². The van der Waals surface area contributed by atoms with E-state index >= 15 is 0 Å². The lowest BCUT2D eigenvalue weighted by Crippen LogP contribution is -2.27. The highest BCUT2D eigenvalue weighted by Gasteiger charge is 1.98. The van der Waals surface area contributed by atoms with Crippen LogP contribution in [0.2, 0.25) is 0 Å². The van der Waals surface area contributed by atoms with Crippen molar-refractivity contribution in [1.29, 1.82) is 0 Å². The maximum absolute atomic E-state index is 3.96. The Balaban J connectivity index is 0. The summed E-state index contributed by atoms with van der Waals surface area (Å²) in [4.78, 5) is 4.27. The van der Waals surface area contributed by atoms with E-state index in [0.29, 0.717) is 0 Å². The highest BCUT2D eigenvalue weighted by Crippen LogP contribution is 2.06. The van der Waals surface area contributed by atoms with Gasteiger partial charge in [-0.1, -0.05) is 42.9 Å². The van der Waals surface area contributed by atoms with E-state index in [0.717, 1.165) is 23.3 Å². The van der Waals surface area contributed by atoms with Gasteiger partial charge in [0, 0.05) is 30.3 Å². The Morgan fingerprint density at radius 1 is 1.06 bits per heavy atom. The fraction of sp³-hybridized carbons (Fsp3) is 0.538. The fourth-order valence-corrected chi connectivity index (χ4v) is 0.940. The van der Waals surface area contributed by atoms with Gasteiger partial charge in [-0.05, 0) is 26.2 Å². The van der Waals surface area contributed by atoms with Crippen molar-refractivity contribution in [1.82, 2.24) is 9.80 Å². The molecule has 0 bridgehead atoms. The van der Waals surface area contributed by atoms with Crippen LogP contribution in [0.15, 0.2) is 35.5 Å². The van der Waals surface area contributed by atoms with Crippen LogP contribution in [-0.4, -0.2) is 44.0 Å². The van der Waals surface area contributed by atoms with Crippen molar-refractivity contribution < 1.29 is 0 Å². The molecule has 0 aromatic carbocycles. The molecule has 0 aromatic rings. The van der Waals surface area contributed by atoms with Crippen LogP contribution >= 0.6 is 15.9 Å². The molecule has 0 N–H and O–H groups in total. The van der Waals surface area contributed by atoms with Crippen molar-refractivity contribution in [3.8, 4) is 0 Å². The van der Waals surface area contributed by atoms with Crippen LogP contribution in [0.5, 0.6) is 0 Å². The number of hydrogen-bond donors (Lipinski definition) is 0. The molecule has 0 heterocycles. The zero-order valence-electron chi connectivity index (χ0n) is 11.3. The van der Waals surface area contributed by atoms with Gasteiger partial charge in [0.15, 0.2) is 0 Å². The lowest BCUT2D eigenvalue weighted by molar-refractivity contribution is 0.331. The predicted octanol–water partition coefficient (Wildman–Crippen LogP) is 3.48. The monoisotopic (exact) mass is 288 g/mol. The standard InChI is InChI=1S/C11H19BrN2.C2H6/c1-10(12)6-7-11(2)14(5)9-8-13(3)4;1-2/h6-7H,1-2,8-9H2,3-5H3;1-2H3/b7-6-;. The normalized spacial score (nSPS) is 9.94. The van der Waals surface area contributed by atoms with Crippen LogP contribution in [0.25, 0.3) is 0 Å². The summed E-state index contributed by atoms with van der Waals surface area (Å²) in [5, 5.41) is 0. The average molecular weight is 289 g/mol. The molecule has 0 aromatic heterocycles. The van der Waals surface area contributed by atoms with E-state index in [4.69, 9.17) is 0 Å². The van der Waals surface area contributed by atoms with Crippen molar-refractivity contribution in [2.75, 3.05) is 34.2 Å². The van der Waals surface area contributed by atoms with Crippen molar-refractivity contribution >= 4 is 15.9 Å². The van der Waals surface area contributed by atoms with E-state index in [1.165, 1.54) is 0 Å². The Bertz CT molecular complexity index is 232. The number of allylic oxidation sites excluding steroid dienone is 3. The number of rotatable bonds is 6. The average Bonchev–Trinajstić information content (AvgIpc) is 2.25. The molecular formula is C13H25BrN2. The molecule has 0 rings (SSSR count). The third-order valence-electron chi connectivity index (χ3n) is 1.83. The van der Waals surface area contributed by atoms with E-state index in [1.807, 2.05) is 33.0 Å². The van der Waals surface area contributed by atoms with Crippen LogP contribution in [-0.2, 0) is 0 Å². The summed E-state index contributed by atoms with van der Waals surface area (Å²) in [6.45, 7) is 13.7. The topological polar surface area (TPSA) is 6.48 Å². The van der Waals surface area contributed by atoms with Crippen LogP contribution < -0.4 is 0 Å². The van der Waals surface area contributed by atoms with Crippen LogP contribution in [0, 0.1) is 0 Å². The lowest BCUT2D eigenvalue weighted by atomic mass is 10.3. The molecule has 0 fully saturated rings. The zero-order chi connectivity index (χ0) is 13.1. The van der Waals surface area contributed by atoms with E-state index in [-0.39, 0.29) is 0 Å². The Hall–Kier alpha value is -0.540. The minimum atomic E-state index is 0.861. The van der Waals surface area contributed by atoms with Gasteiger partial charge < -0.3 is 9.80 Å². The van der Waals surface area contributed by atoms with Crippen molar-refractivity contribution in [2.24, 2.45) is 0 Å². The minimum absolute atomic E-state index is 0.861. The second-order valence-electron chi connectivity index (χ2n) is 3.50. The summed E-state index contributed by atoms with van der Waals surface area (Å²) < 4.78 is 0.861. The molecule has 0 spiro atoms. The number of halogens is 1. The Morgan fingerprint density at radius 3 is 1.94 bits per heavy atom. The van der Waals surface area contributed by atoms with Gasteiger partial charge in [-0.2, -0.15) is 0 Å². The number of nitrogens with zero attached hydrogens (tertiary/aromatic N) is 2. The second-order valence-corrected chi connectivity index (χ2v) is 4.51. The van der Waals surface area contributed by atoms with Gasteiger partial charge in [0.2, 0.25) is 0 Å². The number of hydrogen-bond acceptors (Lipinski definition) is 2. The van der Waals surface area contributed by atoms with E-state index in [9.17, 15) is 0 Å². The molecule has 0 aliphatic heterocycles. The van der Waals surface area contributed by atoms with Gasteiger partial charge in [-0.25, -0.2) is 0 Å². The van der Waals surface area contributed by atoms with Gasteiger partial charge >= 0.3 is 0 Å². The third-order valence-corrected chi connectivity index (χ3v) is 2.09. The first-order valence-corrected chi connectivity index (χ1v) is 6.30. The zero-order valence-corrected chi connectivity index (χ0v) is 12.8. The van der Waals surface area contributed by atoms with E-state index in [2.05, 4.69) is 53.0 Å². The smallest absolute Gasteiger partial charge is 0.0302 e. The maximum atomic E-state index is 3.96. The summed E-state index contributed by atoms with van der Waals surface area (Å²) in [6.07, 6.45) is 3.85. The van der Waals surface area contributed by atoms with Crippen molar-refractivity contribution in [3.63, 3.8) is 0 Å². The van der Waals surface area contributed by atoms with Gasteiger partial charge in [-0.15, -0.1) is 0 Å². The Kier molecular flexibility index (Phi) is 12.2. The molecule has 0 radical (unpaired) electrons. The summed E-state index contributed by atoms with van der Waals surface area (Å²) in [7, 11) is 6.16. The Morgan fingerprint density at radius 2 is 1.56 bits per heavy atom. The summed E-state index contributed by atoms with van der Waals surface area (Å²) in [5.74, 6) is 0. The molecule has 94 valence electrons. The van der Waals surface area contributed by atoms with Gasteiger partial charge in [0.25, 0.3) is 0 Å².